The summed E-state index contributed by atoms with van der Waals surface area (Å²) in [4.78, 5) is 27.9. The highest BCUT2D eigenvalue weighted by atomic mass is 32.2. The number of hydrogen-bond acceptors (Lipinski definition) is 7. The van der Waals surface area contributed by atoms with Gasteiger partial charge in [-0.3, -0.25) is 14.2 Å². The minimum absolute atomic E-state index is 0.0192. The minimum Gasteiger partial charge on any atom is -0.497 e. The van der Waals surface area contributed by atoms with Gasteiger partial charge in [0.15, 0.2) is 11.0 Å². The first-order chi connectivity index (χ1) is 19.1. The largest absolute Gasteiger partial charge is 0.497 e. The van der Waals surface area contributed by atoms with E-state index >= 15 is 0 Å². The van der Waals surface area contributed by atoms with Crippen molar-refractivity contribution in [2.45, 2.75) is 24.5 Å². The third kappa shape index (κ3) is 5.91. The third-order valence-electron chi connectivity index (χ3n) is 6.53. The molecule has 0 unspecified atom stereocenters. The highest BCUT2D eigenvalue weighted by Crippen LogP contribution is 2.29. The van der Waals surface area contributed by atoms with E-state index < -0.39 is 0 Å². The molecule has 2 amide bonds. The van der Waals surface area contributed by atoms with E-state index in [-0.39, 0.29) is 24.1 Å². The van der Waals surface area contributed by atoms with Crippen molar-refractivity contribution < 1.29 is 19.1 Å². The summed E-state index contributed by atoms with van der Waals surface area (Å²) in [5.74, 6) is 1.92. The molecule has 0 radical (unpaired) electrons. The van der Waals surface area contributed by atoms with Crippen LogP contribution in [0.15, 0.2) is 78.0 Å². The standard InChI is InChI=1S/C29H29N5O4S/c1-37-23-13-9-21(10-14-23)28(36)30-18-26-31-32-29(34(26)22-11-15-24(38-2)16-12-22)39-19-27(35)33-17-5-7-20-6-3-4-8-25(20)33/h3-4,6,8-16H,5,7,17-19H2,1-2H3,(H,30,36). The molecule has 9 nitrogen and oxygen atoms in total. The highest BCUT2D eigenvalue weighted by Gasteiger charge is 2.24. The van der Waals surface area contributed by atoms with Crippen molar-refractivity contribution >= 4 is 29.3 Å². The van der Waals surface area contributed by atoms with Crippen LogP contribution in [0.2, 0.25) is 0 Å². The molecule has 1 N–H and O–H groups in total. The first kappa shape index (κ1) is 26.3. The predicted octanol–water partition coefficient (Wildman–Crippen LogP) is 4.29. The van der Waals surface area contributed by atoms with Gasteiger partial charge in [0.2, 0.25) is 5.91 Å². The van der Waals surface area contributed by atoms with E-state index in [1.165, 1.54) is 17.3 Å². The molecule has 2 heterocycles. The highest BCUT2D eigenvalue weighted by molar-refractivity contribution is 7.99. The van der Waals surface area contributed by atoms with Crippen LogP contribution in [0.5, 0.6) is 11.5 Å². The number of thioether (sulfide) groups is 1. The maximum absolute atomic E-state index is 13.3. The van der Waals surface area contributed by atoms with Gasteiger partial charge in [-0.05, 0) is 73.0 Å². The Morgan fingerprint density at radius 2 is 1.62 bits per heavy atom. The number of aryl methyl sites for hydroxylation is 1. The topological polar surface area (TPSA) is 98.6 Å². The lowest BCUT2D eigenvalue weighted by Crippen LogP contribution is -2.36. The summed E-state index contributed by atoms with van der Waals surface area (Å²) in [5, 5.41) is 12.2. The fourth-order valence-electron chi connectivity index (χ4n) is 4.50. The quantitative estimate of drug-likeness (QED) is 0.315. The summed E-state index contributed by atoms with van der Waals surface area (Å²) < 4.78 is 12.3. The summed E-state index contributed by atoms with van der Waals surface area (Å²) >= 11 is 1.32. The second-order valence-corrected chi connectivity index (χ2v) is 9.85. The maximum atomic E-state index is 13.3. The van der Waals surface area contributed by atoms with Gasteiger partial charge in [0.25, 0.3) is 5.91 Å². The van der Waals surface area contributed by atoms with Crippen molar-refractivity contribution in [2.75, 3.05) is 31.4 Å². The van der Waals surface area contributed by atoms with Gasteiger partial charge in [0.05, 0.1) is 26.5 Å². The third-order valence-corrected chi connectivity index (χ3v) is 7.44. The Balaban J connectivity index is 1.34. The van der Waals surface area contributed by atoms with Gasteiger partial charge >= 0.3 is 0 Å². The zero-order valence-corrected chi connectivity index (χ0v) is 22.6. The van der Waals surface area contributed by atoms with E-state index in [4.69, 9.17) is 9.47 Å². The molecule has 5 rings (SSSR count). The van der Waals surface area contributed by atoms with Crippen LogP contribution in [0, 0.1) is 0 Å². The zero-order valence-electron chi connectivity index (χ0n) is 21.8. The monoisotopic (exact) mass is 543 g/mol. The number of nitrogens with one attached hydrogen (secondary N) is 1. The number of amides is 2. The van der Waals surface area contributed by atoms with Crippen molar-refractivity contribution in [1.82, 2.24) is 20.1 Å². The van der Waals surface area contributed by atoms with Crippen molar-refractivity contribution in [2.24, 2.45) is 0 Å². The molecular weight excluding hydrogens is 514 g/mol. The fraction of sp³-hybridized carbons (Fsp3) is 0.241. The van der Waals surface area contributed by atoms with Crippen molar-refractivity contribution in [1.29, 1.82) is 0 Å². The number of benzene rings is 3. The Kier molecular flexibility index (Phi) is 8.12. The number of methoxy groups -OCH3 is 2. The molecule has 0 saturated carbocycles. The zero-order chi connectivity index (χ0) is 27.2. The van der Waals surface area contributed by atoms with Gasteiger partial charge in [-0.2, -0.15) is 0 Å². The Morgan fingerprint density at radius 3 is 2.33 bits per heavy atom. The molecule has 39 heavy (non-hydrogen) atoms. The van der Waals surface area contributed by atoms with Crippen LogP contribution in [0.3, 0.4) is 0 Å². The van der Waals surface area contributed by atoms with Crippen molar-refractivity contribution in [3.05, 3.63) is 89.7 Å². The summed E-state index contributed by atoms with van der Waals surface area (Å²) in [6.45, 7) is 0.849. The van der Waals surface area contributed by atoms with Gasteiger partial charge in [-0.1, -0.05) is 30.0 Å². The number of hydrogen-bond donors (Lipinski definition) is 1. The molecule has 0 saturated heterocycles. The predicted molar refractivity (Wildman–Crippen MR) is 150 cm³/mol. The lowest BCUT2D eigenvalue weighted by Gasteiger charge is -2.29. The molecular formula is C29H29N5O4S. The molecule has 3 aromatic carbocycles. The molecule has 1 aromatic heterocycles. The molecule has 10 heteroatoms. The van der Waals surface area contributed by atoms with E-state index in [9.17, 15) is 9.59 Å². The lowest BCUT2D eigenvalue weighted by molar-refractivity contribution is -0.116. The summed E-state index contributed by atoms with van der Waals surface area (Å²) in [5.41, 5.74) is 3.48. The Labute approximate surface area is 231 Å². The summed E-state index contributed by atoms with van der Waals surface area (Å²) in [6, 6.07) is 22.4. The van der Waals surface area contributed by atoms with Crippen molar-refractivity contribution in [3.8, 4) is 17.2 Å². The van der Waals surface area contributed by atoms with E-state index in [1.807, 2.05) is 51.9 Å². The Bertz CT molecular complexity index is 1450. The average molecular weight is 544 g/mol. The van der Waals surface area contributed by atoms with E-state index in [1.54, 1.807) is 38.5 Å². The van der Waals surface area contributed by atoms with Gasteiger partial charge in [0, 0.05) is 23.5 Å². The average Bonchev–Trinajstić information content (AvgIpc) is 3.41. The first-order valence-corrected chi connectivity index (χ1v) is 13.6. The van der Waals surface area contributed by atoms with E-state index in [0.29, 0.717) is 34.6 Å². The SMILES string of the molecule is COc1ccc(C(=O)NCc2nnc(SCC(=O)N3CCCc4ccccc43)n2-c2ccc(OC)cc2)cc1. The number of carbonyl (C=O) groups excluding carboxylic acids is 2. The normalized spacial score (nSPS) is 12.5. The van der Waals surface area contributed by atoms with Gasteiger partial charge in [-0.15, -0.1) is 10.2 Å². The molecule has 1 aliphatic heterocycles. The second kappa shape index (κ2) is 12.0. The summed E-state index contributed by atoms with van der Waals surface area (Å²) in [6.07, 6.45) is 1.91. The van der Waals surface area contributed by atoms with Crippen molar-refractivity contribution in [3.63, 3.8) is 0 Å². The first-order valence-electron chi connectivity index (χ1n) is 12.6. The van der Waals surface area contributed by atoms with Crippen LogP contribution < -0.4 is 19.7 Å². The number of anilines is 1. The Morgan fingerprint density at radius 1 is 0.923 bits per heavy atom. The second-order valence-electron chi connectivity index (χ2n) is 8.91. The number of aromatic nitrogens is 3. The molecule has 0 spiro atoms. The molecule has 4 aromatic rings. The van der Waals surface area contributed by atoms with Gasteiger partial charge in [-0.25, -0.2) is 0 Å². The van der Waals surface area contributed by atoms with Gasteiger partial charge in [0.1, 0.15) is 11.5 Å². The number of rotatable bonds is 9. The van der Waals surface area contributed by atoms with Crippen LogP contribution in [0.25, 0.3) is 5.69 Å². The fourth-order valence-corrected chi connectivity index (χ4v) is 5.35. The van der Waals surface area contributed by atoms with Crippen LogP contribution >= 0.6 is 11.8 Å². The number of fused-ring (bicyclic) bond motifs is 1. The van der Waals surface area contributed by atoms with Crippen LogP contribution in [0.4, 0.5) is 5.69 Å². The summed E-state index contributed by atoms with van der Waals surface area (Å²) in [7, 11) is 3.19. The van der Waals surface area contributed by atoms with Crippen LogP contribution in [0.1, 0.15) is 28.2 Å². The molecule has 0 bridgehead atoms. The molecule has 1 aliphatic rings. The number of ether oxygens (including phenoxy) is 2. The number of carbonyl (C=O) groups is 2. The number of para-hydroxylation sites is 1. The van der Waals surface area contributed by atoms with Gasteiger partial charge < -0.3 is 19.7 Å². The molecule has 0 fully saturated rings. The lowest BCUT2D eigenvalue weighted by atomic mass is 10.0. The minimum atomic E-state index is -0.241. The molecule has 200 valence electrons. The van der Waals surface area contributed by atoms with E-state index in [0.717, 1.165) is 24.2 Å². The number of nitrogens with zero attached hydrogens (tertiary/aromatic N) is 4. The van der Waals surface area contributed by atoms with E-state index in [2.05, 4.69) is 21.6 Å². The van der Waals surface area contributed by atoms with Crippen LogP contribution in [-0.2, 0) is 17.8 Å². The Hall–Kier alpha value is -4.31. The molecule has 0 aliphatic carbocycles. The van der Waals surface area contributed by atoms with Crippen LogP contribution in [-0.4, -0.2) is 53.1 Å². The smallest absolute Gasteiger partial charge is 0.251 e. The molecule has 0 atom stereocenters. The maximum Gasteiger partial charge on any atom is 0.251 e.